The van der Waals surface area contributed by atoms with Gasteiger partial charge in [-0.2, -0.15) is 0 Å². The summed E-state index contributed by atoms with van der Waals surface area (Å²) in [7, 11) is 0. The lowest BCUT2D eigenvalue weighted by Crippen LogP contribution is -1.95. The maximum atomic E-state index is 13.8. The van der Waals surface area contributed by atoms with E-state index >= 15 is 0 Å². The zero-order chi connectivity index (χ0) is 14.5. The summed E-state index contributed by atoms with van der Waals surface area (Å²) in [5.41, 5.74) is 0.572. The second-order valence-corrected chi connectivity index (χ2v) is 3.92. The van der Waals surface area contributed by atoms with Gasteiger partial charge in [0.25, 0.3) is 0 Å². The Morgan fingerprint density at radius 3 is 2.65 bits per heavy atom. The molecule has 0 atom stereocenters. The molecule has 0 unspecified atom stereocenters. The van der Waals surface area contributed by atoms with Crippen LogP contribution in [0, 0.1) is 11.6 Å². The first kappa shape index (κ1) is 13.7. The predicted octanol–water partition coefficient (Wildman–Crippen LogP) is 2.81. The minimum absolute atomic E-state index is 0.000278. The van der Waals surface area contributed by atoms with Crippen LogP contribution in [0.1, 0.15) is 5.56 Å². The third-order valence-electron chi connectivity index (χ3n) is 2.57. The van der Waals surface area contributed by atoms with Crippen molar-refractivity contribution in [1.29, 1.82) is 0 Å². The fourth-order valence-corrected chi connectivity index (χ4v) is 1.69. The monoisotopic (exact) mass is 273 g/mol. The largest absolute Gasteiger partial charge is 0.294 e. The van der Waals surface area contributed by atoms with Gasteiger partial charge in [-0.3, -0.25) is 14.6 Å². The Balaban J connectivity index is 2.58. The van der Waals surface area contributed by atoms with Crippen molar-refractivity contribution < 1.29 is 18.4 Å². The van der Waals surface area contributed by atoms with Crippen molar-refractivity contribution in [2.45, 2.75) is 0 Å². The molecule has 0 radical (unpaired) electrons. The molecule has 0 saturated heterocycles. The lowest BCUT2D eigenvalue weighted by Gasteiger charge is -2.07. The van der Waals surface area contributed by atoms with Crippen molar-refractivity contribution in [2.75, 3.05) is 0 Å². The van der Waals surface area contributed by atoms with Crippen molar-refractivity contribution in [3.05, 3.63) is 59.8 Å². The first-order chi connectivity index (χ1) is 9.61. The van der Waals surface area contributed by atoms with Gasteiger partial charge in [0.05, 0.1) is 5.69 Å². The van der Waals surface area contributed by atoms with E-state index in [-0.39, 0.29) is 17.4 Å². The fourth-order valence-electron chi connectivity index (χ4n) is 1.69. The third-order valence-corrected chi connectivity index (χ3v) is 2.57. The molecule has 1 aromatic heterocycles. The summed E-state index contributed by atoms with van der Waals surface area (Å²) >= 11 is 0. The Kier molecular flexibility index (Phi) is 4.10. The van der Waals surface area contributed by atoms with E-state index in [0.29, 0.717) is 11.8 Å². The number of carbonyl (C=O) groups excluding carboxylic acids is 2. The first-order valence-electron chi connectivity index (χ1n) is 5.69. The van der Waals surface area contributed by atoms with E-state index in [1.807, 2.05) is 0 Å². The van der Waals surface area contributed by atoms with Crippen LogP contribution in [0.15, 0.2) is 42.6 Å². The molecule has 20 heavy (non-hydrogen) atoms. The van der Waals surface area contributed by atoms with Crippen molar-refractivity contribution >= 4 is 18.1 Å². The molecular formula is C15H9F2NO2. The van der Waals surface area contributed by atoms with Gasteiger partial charge < -0.3 is 0 Å². The zero-order valence-electron chi connectivity index (χ0n) is 10.2. The lowest BCUT2D eigenvalue weighted by molar-refractivity contribution is -0.126. The normalized spacial score (nSPS) is 10.7. The molecule has 5 heteroatoms. The van der Waals surface area contributed by atoms with Gasteiger partial charge in [-0.15, -0.1) is 0 Å². The van der Waals surface area contributed by atoms with Gasteiger partial charge in [0.15, 0.2) is 6.29 Å². The molecular weight excluding hydrogens is 264 g/mol. The van der Waals surface area contributed by atoms with Gasteiger partial charge in [0.2, 0.25) is 5.78 Å². The van der Waals surface area contributed by atoms with Crippen LogP contribution in [0.25, 0.3) is 17.3 Å². The van der Waals surface area contributed by atoms with E-state index in [1.54, 1.807) is 18.2 Å². The molecule has 0 bridgehead atoms. The number of rotatable bonds is 4. The molecule has 2 rings (SSSR count). The van der Waals surface area contributed by atoms with E-state index in [0.717, 1.165) is 18.2 Å². The lowest BCUT2D eigenvalue weighted by atomic mass is 10.0. The highest BCUT2D eigenvalue weighted by Gasteiger charge is 2.12. The Labute approximate surface area is 113 Å². The van der Waals surface area contributed by atoms with Crippen molar-refractivity contribution in [1.82, 2.24) is 4.98 Å². The van der Waals surface area contributed by atoms with E-state index in [4.69, 9.17) is 0 Å². The number of benzene rings is 1. The molecule has 0 spiro atoms. The van der Waals surface area contributed by atoms with Crippen LogP contribution in [0.2, 0.25) is 0 Å². The smallest absolute Gasteiger partial charge is 0.218 e. The van der Waals surface area contributed by atoms with E-state index in [2.05, 4.69) is 4.98 Å². The number of carbonyl (C=O) groups is 2. The van der Waals surface area contributed by atoms with Gasteiger partial charge in [-0.25, -0.2) is 8.78 Å². The molecule has 100 valence electrons. The second-order valence-electron chi connectivity index (χ2n) is 3.92. The van der Waals surface area contributed by atoms with Crippen LogP contribution in [0.4, 0.5) is 8.78 Å². The van der Waals surface area contributed by atoms with Crippen molar-refractivity contribution in [3.63, 3.8) is 0 Å². The number of halogens is 2. The molecule has 0 aliphatic rings. The quantitative estimate of drug-likeness (QED) is 0.489. The predicted molar refractivity (Wildman–Crippen MR) is 69.7 cm³/mol. The average Bonchev–Trinajstić information content (AvgIpc) is 2.46. The SMILES string of the molecule is O=CC(=O)/C=C/c1c(F)cc(F)cc1-c1ccccn1. The Bertz CT molecular complexity index is 682. The van der Waals surface area contributed by atoms with Crippen LogP contribution in [-0.4, -0.2) is 17.1 Å². The van der Waals surface area contributed by atoms with Gasteiger partial charge in [0, 0.05) is 23.4 Å². The van der Waals surface area contributed by atoms with Gasteiger partial charge >= 0.3 is 0 Å². The van der Waals surface area contributed by atoms with Crippen LogP contribution in [0.5, 0.6) is 0 Å². The fraction of sp³-hybridized carbons (Fsp3) is 0. The van der Waals surface area contributed by atoms with Crippen LogP contribution in [-0.2, 0) is 9.59 Å². The van der Waals surface area contributed by atoms with E-state index in [9.17, 15) is 18.4 Å². The molecule has 0 aliphatic carbocycles. The number of pyridine rings is 1. The molecule has 2 aromatic rings. The highest BCUT2D eigenvalue weighted by Crippen LogP contribution is 2.26. The molecule has 0 amide bonds. The summed E-state index contributed by atoms with van der Waals surface area (Å²) in [6.07, 6.45) is 3.66. The summed E-state index contributed by atoms with van der Waals surface area (Å²) in [6, 6.07) is 6.76. The number of allylic oxidation sites excluding steroid dienone is 1. The molecule has 3 nitrogen and oxygen atoms in total. The molecule has 0 aliphatic heterocycles. The maximum Gasteiger partial charge on any atom is 0.218 e. The highest BCUT2D eigenvalue weighted by molar-refractivity contribution is 6.31. The summed E-state index contributed by atoms with van der Waals surface area (Å²) in [6.45, 7) is 0. The average molecular weight is 273 g/mol. The molecule has 0 N–H and O–H groups in total. The molecule has 0 fully saturated rings. The number of nitrogens with zero attached hydrogens (tertiary/aromatic N) is 1. The maximum absolute atomic E-state index is 13.8. The summed E-state index contributed by atoms with van der Waals surface area (Å²) in [4.78, 5) is 25.2. The number of hydrogen-bond acceptors (Lipinski definition) is 3. The van der Waals surface area contributed by atoms with Crippen molar-refractivity contribution in [3.8, 4) is 11.3 Å². The Morgan fingerprint density at radius 2 is 2.00 bits per heavy atom. The third kappa shape index (κ3) is 3.00. The van der Waals surface area contributed by atoms with Gasteiger partial charge in [-0.05, 0) is 30.4 Å². The minimum atomic E-state index is -0.833. The number of hydrogen-bond donors (Lipinski definition) is 0. The number of aromatic nitrogens is 1. The van der Waals surface area contributed by atoms with Gasteiger partial charge in [-0.1, -0.05) is 6.07 Å². The summed E-state index contributed by atoms with van der Waals surface area (Å²) < 4.78 is 27.2. The standard InChI is InChI=1S/C15H9F2NO2/c16-10-7-13(15-3-1-2-6-18-15)12(14(17)8-10)5-4-11(20)9-19/h1-9H/b5-4+. The molecule has 1 heterocycles. The minimum Gasteiger partial charge on any atom is -0.294 e. The Hall–Kier alpha value is -2.69. The zero-order valence-corrected chi connectivity index (χ0v) is 10.2. The highest BCUT2D eigenvalue weighted by atomic mass is 19.1. The molecule has 1 aromatic carbocycles. The van der Waals surface area contributed by atoms with Crippen molar-refractivity contribution in [2.24, 2.45) is 0 Å². The van der Waals surface area contributed by atoms with Crippen LogP contribution < -0.4 is 0 Å². The Morgan fingerprint density at radius 1 is 1.20 bits per heavy atom. The number of ketones is 1. The first-order valence-corrected chi connectivity index (χ1v) is 5.69. The van der Waals surface area contributed by atoms with E-state index < -0.39 is 17.4 Å². The number of aldehydes is 1. The summed E-state index contributed by atoms with van der Waals surface area (Å²) in [5, 5.41) is 0. The summed E-state index contributed by atoms with van der Waals surface area (Å²) in [5.74, 6) is -2.39. The van der Waals surface area contributed by atoms with Gasteiger partial charge in [0.1, 0.15) is 11.6 Å². The van der Waals surface area contributed by atoms with Crippen LogP contribution in [0.3, 0.4) is 0 Å². The topological polar surface area (TPSA) is 47.0 Å². The van der Waals surface area contributed by atoms with Crippen LogP contribution >= 0.6 is 0 Å². The second kappa shape index (κ2) is 5.97. The van der Waals surface area contributed by atoms with E-state index in [1.165, 1.54) is 6.20 Å². The molecule has 0 saturated carbocycles.